The molecule has 11 nitrogen and oxygen atoms in total. The Hall–Kier alpha value is -5.36. The molecule has 2 heterocycles. The first kappa shape index (κ1) is 33.0. The maximum Gasteiger partial charge on any atom is 0.344 e. The van der Waals surface area contributed by atoms with E-state index in [0.29, 0.717) is 49.0 Å². The Morgan fingerprint density at radius 1 is 0.872 bits per heavy atom. The fourth-order valence-corrected chi connectivity index (χ4v) is 6.21. The molecule has 0 fully saturated rings. The molecule has 0 saturated carbocycles. The van der Waals surface area contributed by atoms with Crippen LogP contribution < -0.4 is 33.8 Å². The molecule has 12 heteroatoms. The van der Waals surface area contributed by atoms with E-state index in [4.69, 9.17) is 33.4 Å². The summed E-state index contributed by atoms with van der Waals surface area (Å²) in [6.07, 6.45) is 1.65. The zero-order chi connectivity index (χ0) is 33.5. The molecule has 0 spiro atoms. The number of methoxy groups -OCH3 is 3. The van der Waals surface area contributed by atoms with Gasteiger partial charge in [-0.2, -0.15) is 0 Å². The molecule has 4 aromatic rings. The molecule has 0 bridgehead atoms. The minimum Gasteiger partial charge on any atom is -0.493 e. The monoisotopic (exact) mass is 658 g/mol. The van der Waals surface area contributed by atoms with Crippen LogP contribution in [0, 0.1) is 0 Å². The highest BCUT2D eigenvalue weighted by molar-refractivity contribution is 7.07. The lowest BCUT2D eigenvalue weighted by atomic mass is 9.93. The first-order valence-electron chi connectivity index (χ1n) is 14.8. The molecule has 1 atom stereocenters. The Kier molecular flexibility index (Phi) is 10.4. The minimum absolute atomic E-state index is 0.123. The zero-order valence-corrected chi connectivity index (χ0v) is 27.4. The second kappa shape index (κ2) is 14.8. The van der Waals surface area contributed by atoms with Crippen molar-refractivity contribution in [1.82, 2.24) is 4.57 Å². The van der Waals surface area contributed by atoms with Gasteiger partial charge in [0.2, 0.25) is 0 Å². The van der Waals surface area contributed by atoms with Gasteiger partial charge in [0.05, 0.1) is 56.4 Å². The van der Waals surface area contributed by atoms with Gasteiger partial charge in [0.25, 0.3) is 5.56 Å². The number of thiazole rings is 1. The lowest BCUT2D eigenvalue weighted by Gasteiger charge is -2.26. The maximum atomic E-state index is 14.4. The molecule has 0 unspecified atom stereocenters. The fourth-order valence-electron chi connectivity index (χ4n) is 5.22. The average Bonchev–Trinajstić information content (AvgIpc) is 3.40. The number of hydrogen-bond donors (Lipinski definition) is 0. The quantitative estimate of drug-likeness (QED) is 0.209. The van der Waals surface area contributed by atoms with E-state index < -0.39 is 23.5 Å². The zero-order valence-electron chi connectivity index (χ0n) is 26.6. The summed E-state index contributed by atoms with van der Waals surface area (Å²) in [4.78, 5) is 45.5. The smallest absolute Gasteiger partial charge is 0.344 e. The maximum absolute atomic E-state index is 14.4. The van der Waals surface area contributed by atoms with Crippen LogP contribution >= 0.6 is 11.3 Å². The Labute approximate surface area is 274 Å². The Morgan fingerprint density at radius 2 is 1.60 bits per heavy atom. The van der Waals surface area contributed by atoms with Crippen LogP contribution in [0.15, 0.2) is 82.1 Å². The molecule has 47 heavy (non-hydrogen) atoms. The molecule has 1 aromatic heterocycles. The van der Waals surface area contributed by atoms with Crippen LogP contribution in [-0.4, -0.2) is 57.7 Å². The second-order valence-electron chi connectivity index (χ2n) is 10.0. The van der Waals surface area contributed by atoms with Gasteiger partial charge in [-0.05, 0) is 43.7 Å². The Bertz CT molecular complexity index is 2000. The summed E-state index contributed by atoms with van der Waals surface area (Å²) in [5.74, 6) is 0.401. The summed E-state index contributed by atoms with van der Waals surface area (Å²) in [6.45, 7) is 3.41. The number of carbonyl (C=O) groups is 2. The van der Waals surface area contributed by atoms with Crippen molar-refractivity contribution in [3.63, 3.8) is 0 Å². The third kappa shape index (κ3) is 6.77. The van der Waals surface area contributed by atoms with Crippen LogP contribution in [0.3, 0.4) is 0 Å². The van der Waals surface area contributed by atoms with Gasteiger partial charge in [-0.25, -0.2) is 14.6 Å². The molecule has 0 saturated heterocycles. The number of para-hydroxylation sites is 1. The van der Waals surface area contributed by atoms with Gasteiger partial charge in [-0.15, -0.1) is 0 Å². The molecular formula is C35H34N2O9S. The summed E-state index contributed by atoms with van der Waals surface area (Å²) >= 11 is 1.15. The number of esters is 2. The van der Waals surface area contributed by atoms with E-state index in [2.05, 4.69) is 0 Å². The van der Waals surface area contributed by atoms with Gasteiger partial charge in [0.15, 0.2) is 34.4 Å². The van der Waals surface area contributed by atoms with E-state index in [-0.39, 0.29) is 31.1 Å². The number of hydrogen-bond acceptors (Lipinski definition) is 11. The van der Waals surface area contributed by atoms with Gasteiger partial charge in [0.1, 0.15) is 0 Å². The lowest BCUT2D eigenvalue weighted by Crippen LogP contribution is -2.40. The highest BCUT2D eigenvalue weighted by Gasteiger charge is 2.35. The number of benzene rings is 3. The van der Waals surface area contributed by atoms with Gasteiger partial charge in [-0.3, -0.25) is 9.36 Å². The average molecular weight is 659 g/mol. The molecule has 0 radical (unpaired) electrons. The van der Waals surface area contributed by atoms with Crippen LogP contribution in [0.2, 0.25) is 0 Å². The fraction of sp³-hybridized carbons (Fsp3) is 0.257. The third-order valence-electron chi connectivity index (χ3n) is 7.25. The van der Waals surface area contributed by atoms with Crippen molar-refractivity contribution in [3.8, 4) is 23.0 Å². The number of rotatable bonds is 12. The Morgan fingerprint density at radius 3 is 2.28 bits per heavy atom. The van der Waals surface area contributed by atoms with Crippen LogP contribution in [0.4, 0.5) is 0 Å². The normalized spacial score (nSPS) is 14.1. The van der Waals surface area contributed by atoms with Gasteiger partial charge >= 0.3 is 11.9 Å². The van der Waals surface area contributed by atoms with Crippen LogP contribution in [-0.2, 0) is 19.1 Å². The molecule has 0 amide bonds. The number of aromatic nitrogens is 1. The number of nitrogens with zero attached hydrogens (tertiary/aromatic N) is 2. The molecule has 0 aliphatic carbocycles. The molecule has 0 N–H and O–H groups in total. The van der Waals surface area contributed by atoms with E-state index >= 15 is 0 Å². The number of fused-ring (bicyclic) bond motifs is 1. The standard InChI is InChI=1S/C35H34N2O9S/c1-6-44-28(38)20-46-32-23(14-11-15-25(32)42-4)19-27-33(39)37-31(22-16-17-24(41-3)26(18-22)43-5)29(34(40)45-7-2)30(36-35(37)47-27)21-12-9-8-10-13-21/h8-19,31H,6-7,20H2,1-5H3/b27-19-/t31-/m0/s1. The van der Waals surface area contributed by atoms with Crippen LogP contribution in [0.5, 0.6) is 23.0 Å². The summed E-state index contributed by atoms with van der Waals surface area (Å²) in [5.41, 5.74) is 1.94. The van der Waals surface area contributed by atoms with E-state index in [1.54, 1.807) is 56.3 Å². The van der Waals surface area contributed by atoms with Crippen molar-refractivity contribution < 1.29 is 38.0 Å². The molecule has 5 rings (SSSR count). The molecule has 3 aromatic carbocycles. The molecular weight excluding hydrogens is 624 g/mol. The van der Waals surface area contributed by atoms with Crippen molar-refractivity contribution in [2.24, 2.45) is 4.99 Å². The largest absolute Gasteiger partial charge is 0.493 e. The molecule has 1 aliphatic heterocycles. The lowest BCUT2D eigenvalue weighted by molar-refractivity contribution is -0.145. The molecule has 244 valence electrons. The van der Waals surface area contributed by atoms with Gasteiger partial charge < -0.3 is 28.4 Å². The van der Waals surface area contributed by atoms with Crippen molar-refractivity contribution in [1.29, 1.82) is 0 Å². The second-order valence-corrected chi connectivity index (χ2v) is 11.0. The highest BCUT2D eigenvalue weighted by Crippen LogP contribution is 2.38. The number of carbonyl (C=O) groups excluding carboxylic acids is 2. The third-order valence-corrected chi connectivity index (χ3v) is 8.24. The Balaban J connectivity index is 1.78. The van der Waals surface area contributed by atoms with Crippen molar-refractivity contribution >= 4 is 35.0 Å². The summed E-state index contributed by atoms with van der Waals surface area (Å²) in [6, 6.07) is 18.8. The first-order valence-corrected chi connectivity index (χ1v) is 15.6. The van der Waals surface area contributed by atoms with E-state index in [0.717, 1.165) is 11.3 Å². The van der Waals surface area contributed by atoms with Gasteiger partial charge in [-0.1, -0.05) is 59.9 Å². The van der Waals surface area contributed by atoms with E-state index in [1.165, 1.54) is 25.9 Å². The minimum atomic E-state index is -0.924. The van der Waals surface area contributed by atoms with Crippen LogP contribution in [0.25, 0.3) is 11.8 Å². The predicted molar refractivity (Wildman–Crippen MR) is 176 cm³/mol. The van der Waals surface area contributed by atoms with E-state index in [9.17, 15) is 14.4 Å². The van der Waals surface area contributed by atoms with Crippen molar-refractivity contribution in [3.05, 3.63) is 109 Å². The SMILES string of the molecule is CCOC(=O)COc1c(/C=c2\sc3n(c2=O)[C@@H](c2ccc(OC)c(OC)c2)C(C(=O)OCC)=C(c2ccccc2)N=3)cccc1OC. The summed E-state index contributed by atoms with van der Waals surface area (Å²) in [5, 5.41) is 0. The molecule has 1 aliphatic rings. The van der Waals surface area contributed by atoms with E-state index in [1.807, 2.05) is 30.3 Å². The van der Waals surface area contributed by atoms with Gasteiger partial charge in [0, 0.05) is 11.1 Å². The van der Waals surface area contributed by atoms with Crippen LogP contribution in [0.1, 0.15) is 36.6 Å². The predicted octanol–water partition coefficient (Wildman–Crippen LogP) is 3.90. The van der Waals surface area contributed by atoms with Crippen molar-refractivity contribution in [2.75, 3.05) is 41.2 Å². The number of ether oxygens (including phenoxy) is 6. The first-order chi connectivity index (χ1) is 22.8. The summed E-state index contributed by atoms with van der Waals surface area (Å²) in [7, 11) is 4.52. The highest BCUT2D eigenvalue weighted by atomic mass is 32.1. The summed E-state index contributed by atoms with van der Waals surface area (Å²) < 4.78 is 34.7. The topological polar surface area (TPSA) is 124 Å². The van der Waals surface area contributed by atoms with Crippen molar-refractivity contribution in [2.45, 2.75) is 19.9 Å².